The molecule has 1 aliphatic rings. The van der Waals surface area contributed by atoms with Crippen LogP contribution in [-0.4, -0.2) is 36.2 Å². The van der Waals surface area contributed by atoms with Gasteiger partial charge < -0.3 is 10.6 Å². The third kappa shape index (κ3) is 2.19. The van der Waals surface area contributed by atoms with E-state index in [-0.39, 0.29) is 11.9 Å². The summed E-state index contributed by atoms with van der Waals surface area (Å²) >= 11 is 3.14. The molecule has 0 radical (unpaired) electrons. The highest BCUT2D eigenvalue weighted by atomic mass is 32.2. The molecule has 0 aliphatic carbocycles. The maximum Gasteiger partial charge on any atom is 0.265 e. The van der Waals surface area contributed by atoms with Crippen molar-refractivity contribution < 1.29 is 4.79 Å². The van der Waals surface area contributed by atoms with Crippen molar-refractivity contribution in [3.8, 4) is 0 Å². The number of likely N-dealkylation sites (tertiary alicyclic amines) is 1. The van der Waals surface area contributed by atoms with Gasteiger partial charge in [0.1, 0.15) is 4.88 Å². The van der Waals surface area contributed by atoms with Crippen LogP contribution in [0.3, 0.4) is 0 Å². The van der Waals surface area contributed by atoms with Gasteiger partial charge in [0.2, 0.25) is 0 Å². The Kier molecular flexibility index (Phi) is 3.33. The van der Waals surface area contributed by atoms with E-state index in [1.807, 2.05) is 22.6 Å². The Hall–Kier alpha value is -0.520. The van der Waals surface area contributed by atoms with Gasteiger partial charge in [-0.1, -0.05) is 0 Å². The molecule has 0 saturated carbocycles. The van der Waals surface area contributed by atoms with Gasteiger partial charge in [-0.15, -0.1) is 23.1 Å². The number of carbonyl (C=O) groups is 1. The van der Waals surface area contributed by atoms with Crippen molar-refractivity contribution in [2.24, 2.45) is 5.73 Å². The third-order valence-corrected chi connectivity index (χ3v) is 4.37. The van der Waals surface area contributed by atoms with Crippen LogP contribution in [0.4, 0.5) is 0 Å². The average Bonchev–Trinajstić information content (AvgIpc) is 2.84. The normalized spacial score (nSPS) is 20.9. The van der Waals surface area contributed by atoms with Crippen molar-refractivity contribution in [1.82, 2.24) is 4.90 Å². The van der Waals surface area contributed by atoms with E-state index in [0.717, 1.165) is 22.7 Å². The molecule has 1 aromatic heterocycles. The quantitative estimate of drug-likeness (QED) is 0.802. The second kappa shape index (κ2) is 4.55. The zero-order valence-electron chi connectivity index (χ0n) is 8.60. The predicted octanol–water partition coefficient (Wildman–Crippen LogP) is 1.64. The molecule has 15 heavy (non-hydrogen) atoms. The van der Waals surface area contributed by atoms with Gasteiger partial charge in [-0.05, 0) is 24.1 Å². The van der Waals surface area contributed by atoms with Crippen LogP contribution in [-0.2, 0) is 0 Å². The van der Waals surface area contributed by atoms with E-state index in [9.17, 15) is 4.79 Å². The molecule has 1 fully saturated rings. The molecular weight excluding hydrogens is 228 g/mol. The first-order chi connectivity index (χ1) is 7.22. The number of hydrogen-bond donors (Lipinski definition) is 1. The highest BCUT2D eigenvalue weighted by molar-refractivity contribution is 7.98. The van der Waals surface area contributed by atoms with Crippen LogP contribution in [0.1, 0.15) is 16.1 Å². The van der Waals surface area contributed by atoms with Gasteiger partial charge in [-0.25, -0.2) is 0 Å². The monoisotopic (exact) mass is 242 g/mol. The maximum absolute atomic E-state index is 12.1. The number of hydrogen-bond acceptors (Lipinski definition) is 4. The van der Waals surface area contributed by atoms with E-state index in [4.69, 9.17) is 5.73 Å². The molecule has 2 rings (SSSR count). The summed E-state index contributed by atoms with van der Waals surface area (Å²) in [5.74, 6) is 0.141. The summed E-state index contributed by atoms with van der Waals surface area (Å²) in [6, 6.07) is 2.16. The number of carbonyl (C=O) groups excluding carboxylic acids is 1. The molecule has 0 aromatic carbocycles. The first-order valence-electron chi connectivity index (χ1n) is 4.88. The predicted molar refractivity (Wildman–Crippen MR) is 64.6 cm³/mol. The van der Waals surface area contributed by atoms with Crippen LogP contribution in [0.15, 0.2) is 16.3 Å². The number of thiophene rings is 1. The summed E-state index contributed by atoms with van der Waals surface area (Å²) in [5.41, 5.74) is 5.79. The SMILES string of the molecule is CSc1ccsc1C(=O)N1CC[C@H](N)C1. The number of amides is 1. The molecule has 1 aliphatic heterocycles. The Labute approximate surface area is 97.6 Å². The molecule has 0 bridgehead atoms. The standard InChI is InChI=1S/C10H14N2OS2/c1-14-8-3-5-15-9(8)10(13)12-4-2-7(11)6-12/h3,5,7H,2,4,6,11H2,1H3/t7-/m0/s1. The van der Waals surface area contributed by atoms with Gasteiger partial charge >= 0.3 is 0 Å². The first-order valence-corrected chi connectivity index (χ1v) is 6.99. The van der Waals surface area contributed by atoms with Gasteiger partial charge in [-0.3, -0.25) is 4.79 Å². The van der Waals surface area contributed by atoms with Crippen LogP contribution in [0.25, 0.3) is 0 Å². The lowest BCUT2D eigenvalue weighted by atomic mass is 10.3. The molecule has 82 valence electrons. The summed E-state index contributed by atoms with van der Waals surface area (Å²) < 4.78 is 0. The minimum atomic E-state index is 0.141. The fourth-order valence-corrected chi connectivity index (χ4v) is 3.44. The summed E-state index contributed by atoms with van der Waals surface area (Å²) in [6.45, 7) is 1.50. The van der Waals surface area contributed by atoms with E-state index in [0.29, 0.717) is 6.54 Å². The summed E-state index contributed by atoms with van der Waals surface area (Å²) in [5, 5.41) is 1.97. The third-order valence-electron chi connectivity index (χ3n) is 2.56. The van der Waals surface area contributed by atoms with Gasteiger partial charge in [0.25, 0.3) is 5.91 Å². The zero-order chi connectivity index (χ0) is 10.8. The second-order valence-corrected chi connectivity index (χ2v) is 5.38. The molecule has 5 heteroatoms. The first kappa shape index (κ1) is 11.0. The number of nitrogens with two attached hydrogens (primary N) is 1. The molecule has 1 aromatic rings. The Morgan fingerprint density at radius 1 is 1.73 bits per heavy atom. The Bertz CT molecular complexity index is 364. The lowest BCUT2D eigenvalue weighted by molar-refractivity contribution is 0.0792. The maximum atomic E-state index is 12.1. The molecule has 0 unspecified atom stereocenters. The molecule has 1 amide bonds. The zero-order valence-corrected chi connectivity index (χ0v) is 10.2. The molecular formula is C10H14N2OS2. The van der Waals surface area contributed by atoms with Crippen LogP contribution in [0.5, 0.6) is 0 Å². The minimum absolute atomic E-state index is 0.141. The van der Waals surface area contributed by atoms with Crippen LogP contribution >= 0.6 is 23.1 Å². The Balaban J connectivity index is 2.14. The average molecular weight is 242 g/mol. The summed E-state index contributed by atoms with van der Waals surface area (Å²) in [4.78, 5) is 15.9. The number of nitrogens with zero attached hydrogens (tertiary/aromatic N) is 1. The summed E-state index contributed by atoms with van der Waals surface area (Å²) in [7, 11) is 0. The van der Waals surface area contributed by atoms with E-state index in [1.54, 1.807) is 11.8 Å². The molecule has 0 spiro atoms. The minimum Gasteiger partial charge on any atom is -0.336 e. The highest BCUT2D eigenvalue weighted by Gasteiger charge is 2.26. The fraction of sp³-hybridized carbons (Fsp3) is 0.500. The van der Waals surface area contributed by atoms with Crippen LogP contribution < -0.4 is 5.73 Å². The number of thioether (sulfide) groups is 1. The van der Waals surface area contributed by atoms with Crippen molar-refractivity contribution in [3.05, 3.63) is 16.3 Å². The van der Waals surface area contributed by atoms with Crippen molar-refractivity contribution in [2.75, 3.05) is 19.3 Å². The van der Waals surface area contributed by atoms with Gasteiger partial charge in [0.15, 0.2) is 0 Å². The lowest BCUT2D eigenvalue weighted by Gasteiger charge is -2.15. The van der Waals surface area contributed by atoms with Crippen LogP contribution in [0.2, 0.25) is 0 Å². The molecule has 2 N–H and O–H groups in total. The smallest absolute Gasteiger partial charge is 0.265 e. The topological polar surface area (TPSA) is 46.3 Å². The molecule has 1 saturated heterocycles. The Morgan fingerprint density at radius 3 is 3.13 bits per heavy atom. The molecule has 1 atom stereocenters. The van der Waals surface area contributed by atoms with Crippen molar-refractivity contribution in [2.45, 2.75) is 17.4 Å². The molecule has 3 nitrogen and oxygen atoms in total. The lowest BCUT2D eigenvalue weighted by Crippen LogP contribution is -2.31. The second-order valence-electron chi connectivity index (χ2n) is 3.62. The Morgan fingerprint density at radius 2 is 2.53 bits per heavy atom. The largest absolute Gasteiger partial charge is 0.336 e. The van der Waals surface area contributed by atoms with Gasteiger partial charge in [0, 0.05) is 24.0 Å². The van der Waals surface area contributed by atoms with Crippen LogP contribution in [0, 0.1) is 0 Å². The number of rotatable bonds is 2. The van der Waals surface area contributed by atoms with E-state index >= 15 is 0 Å². The van der Waals surface area contributed by atoms with E-state index < -0.39 is 0 Å². The summed E-state index contributed by atoms with van der Waals surface area (Å²) in [6.07, 6.45) is 2.92. The van der Waals surface area contributed by atoms with Crippen molar-refractivity contribution in [1.29, 1.82) is 0 Å². The van der Waals surface area contributed by atoms with E-state index in [1.165, 1.54) is 11.3 Å². The van der Waals surface area contributed by atoms with Gasteiger partial charge in [-0.2, -0.15) is 0 Å². The van der Waals surface area contributed by atoms with E-state index in [2.05, 4.69) is 0 Å². The van der Waals surface area contributed by atoms with Crippen molar-refractivity contribution in [3.63, 3.8) is 0 Å². The van der Waals surface area contributed by atoms with Crippen molar-refractivity contribution >= 4 is 29.0 Å². The fourth-order valence-electron chi connectivity index (χ4n) is 1.73. The molecule has 2 heterocycles. The highest BCUT2D eigenvalue weighted by Crippen LogP contribution is 2.27. The van der Waals surface area contributed by atoms with Gasteiger partial charge in [0.05, 0.1) is 0 Å².